The molecular weight excluding hydrogens is 336 g/mol. The Labute approximate surface area is 94.3 Å². The van der Waals surface area contributed by atoms with Gasteiger partial charge in [-0.1, -0.05) is 0 Å². The van der Waals surface area contributed by atoms with Gasteiger partial charge in [0.15, 0.2) is 5.69 Å². The van der Waals surface area contributed by atoms with E-state index >= 15 is 0 Å². The third kappa shape index (κ3) is 2.67. The first kappa shape index (κ1) is 12.4. The second-order valence-corrected chi connectivity index (χ2v) is 3.68. The standard InChI is InChI=1S/C7H3F5INO/c8-6(9)4-3(15)1-2(13)5(14-4)7(10,11)12/h1,6,15H. The Hall–Kier alpha value is -0.670. The van der Waals surface area contributed by atoms with Gasteiger partial charge in [-0.2, -0.15) is 13.2 Å². The Morgan fingerprint density at radius 2 is 1.87 bits per heavy atom. The van der Waals surface area contributed by atoms with Crippen LogP contribution in [0.15, 0.2) is 6.07 Å². The van der Waals surface area contributed by atoms with E-state index in [0.717, 1.165) is 0 Å². The molecule has 0 aliphatic heterocycles. The number of halogens is 6. The summed E-state index contributed by atoms with van der Waals surface area (Å²) in [7, 11) is 0. The van der Waals surface area contributed by atoms with Crippen LogP contribution in [0.3, 0.4) is 0 Å². The maximum absolute atomic E-state index is 12.2. The Bertz CT molecular complexity index is 378. The van der Waals surface area contributed by atoms with Crippen LogP contribution in [0.2, 0.25) is 0 Å². The highest BCUT2D eigenvalue weighted by Crippen LogP contribution is 2.36. The fourth-order valence-corrected chi connectivity index (χ4v) is 1.57. The van der Waals surface area contributed by atoms with Crippen LogP contribution in [0.5, 0.6) is 5.75 Å². The quantitative estimate of drug-likeness (QED) is 0.629. The zero-order valence-corrected chi connectivity index (χ0v) is 8.97. The fraction of sp³-hybridized carbons (Fsp3) is 0.286. The predicted octanol–water partition coefficient (Wildman–Crippen LogP) is 3.35. The van der Waals surface area contributed by atoms with E-state index < -0.39 is 33.3 Å². The molecule has 1 heterocycles. The van der Waals surface area contributed by atoms with Crippen molar-refractivity contribution < 1.29 is 27.1 Å². The van der Waals surface area contributed by atoms with Gasteiger partial charge in [0.05, 0.1) is 0 Å². The Morgan fingerprint density at radius 3 is 2.27 bits per heavy atom. The molecule has 0 fully saturated rings. The van der Waals surface area contributed by atoms with Crippen LogP contribution >= 0.6 is 22.6 Å². The Kier molecular flexibility index (Phi) is 3.36. The van der Waals surface area contributed by atoms with E-state index in [9.17, 15) is 22.0 Å². The molecule has 15 heavy (non-hydrogen) atoms. The van der Waals surface area contributed by atoms with E-state index in [4.69, 9.17) is 5.11 Å². The Balaban J connectivity index is 3.37. The number of rotatable bonds is 1. The zero-order valence-electron chi connectivity index (χ0n) is 6.82. The fourth-order valence-electron chi connectivity index (χ4n) is 0.853. The van der Waals surface area contributed by atoms with E-state index in [1.54, 1.807) is 0 Å². The van der Waals surface area contributed by atoms with Crippen LogP contribution in [0.4, 0.5) is 22.0 Å². The van der Waals surface area contributed by atoms with Crippen LogP contribution in [0.1, 0.15) is 17.8 Å². The van der Waals surface area contributed by atoms with Crippen molar-refractivity contribution >= 4 is 22.6 Å². The van der Waals surface area contributed by atoms with E-state index in [1.165, 1.54) is 22.6 Å². The lowest BCUT2D eigenvalue weighted by Crippen LogP contribution is -2.12. The highest BCUT2D eigenvalue weighted by atomic mass is 127. The maximum atomic E-state index is 12.2. The van der Waals surface area contributed by atoms with Gasteiger partial charge < -0.3 is 5.11 Å². The topological polar surface area (TPSA) is 33.1 Å². The van der Waals surface area contributed by atoms with Gasteiger partial charge in [0.1, 0.15) is 11.4 Å². The highest BCUT2D eigenvalue weighted by molar-refractivity contribution is 14.1. The number of alkyl halides is 5. The minimum atomic E-state index is -4.81. The first-order valence-corrected chi connectivity index (χ1v) is 4.56. The zero-order chi connectivity index (χ0) is 11.8. The molecule has 1 aromatic heterocycles. The van der Waals surface area contributed by atoms with Crippen molar-refractivity contribution in [3.8, 4) is 5.75 Å². The first-order chi connectivity index (χ1) is 6.73. The molecule has 0 aliphatic carbocycles. The van der Waals surface area contributed by atoms with Crippen LogP contribution in [-0.2, 0) is 6.18 Å². The number of aromatic hydroxyl groups is 1. The number of nitrogens with zero attached hydrogens (tertiary/aromatic N) is 1. The van der Waals surface area contributed by atoms with Crippen LogP contribution in [-0.4, -0.2) is 10.1 Å². The van der Waals surface area contributed by atoms with Gasteiger partial charge in [-0.15, -0.1) is 0 Å². The van der Waals surface area contributed by atoms with Crippen molar-refractivity contribution in [3.05, 3.63) is 21.0 Å². The van der Waals surface area contributed by atoms with Crippen molar-refractivity contribution in [2.45, 2.75) is 12.6 Å². The summed E-state index contributed by atoms with van der Waals surface area (Å²) in [5.41, 5.74) is -2.68. The Morgan fingerprint density at radius 1 is 1.33 bits per heavy atom. The molecule has 2 nitrogen and oxygen atoms in total. The van der Waals surface area contributed by atoms with E-state index in [0.29, 0.717) is 6.07 Å². The van der Waals surface area contributed by atoms with Crippen molar-refractivity contribution in [3.63, 3.8) is 0 Å². The summed E-state index contributed by atoms with van der Waals surface area (Å²) in [6.45, 7) is 0. The molecule has 0 atom stereocenters. The van der Waals surface area contributed by atoms with E-state index in [2.05, 4.69) is 4.98 Å². The number of hydrogen-bond acceptors (Lipinski definition) is 2. The van der Waals surface area contributed by atoms with Crippen molar-refractivity contribution in [1.82, 2.24) is 4.98 Å². The number of pyridine rings is 1. The average molecular weight is 339 g/mol. The largest absolute Gasteiger partial charge is 0.506 e. The predicted molar refractivity (Wildman–Crippen MR) is 48.6 cm³/mol. The lowest BCUT2D eigenvalue weighted by atomic mass is 10.2. The number of aromatic nitrogens is 1. The van der Waals surface area contributed by atoms with Crippen LogP contribution < -0.4 is 0 Å². The molecule has 0 bridgehead atoms. The van der Waals surface area contributed by atoms with Gasteiger partial charge in [-0.25, -0.2) is 13.8 Å². The molecule has 0 unspecified atom stereocenters. The molecule has 0 aliphatic rings. The third-order valence-corrected chi connectivity index (χ3v) is 2.28. The van der Waals surface area contributed by atoms with E-state index in [-0.39, 0.29) is 0 Å². The van der Waals surface area contributed by atoms with Crippen LogP contribution in [0, 0.1) is 3.57 Å². The molecule has 0 amide bonds. The summed E-state index contributed by atoms with van der Waals surface area (Å²) in [6.07, 6.45) is -8.06. The number of hydrogen-bond donors (Lipinski definition) is 1. The van der Waals surface area contributed by atoms with Crippen molar-refractivity contribution in [2.75, 3.05) is 0 Å². The molecule has 0 saturated carbocycles. The molecule has 0 aromatic carbocycles. The van der Waals surface area contributed by atoms with Gasteiger partial charge in [0.25, 0.3) is 6.43 Å². The van der Waals surface area contributed by atoms with Gasteiger partial charge in [0, 0.05) is 3.57 Å². The molecule has 1 aromatic rings. The van der Waals surface area contributed by atoms with Gasteiger partial charge in [-0.3, -0.25) is 0 Å². The molecule has 84 valence electrons. The highest BCUT2D eigenvalue weighted by Gasteiger charge is 2.36. The SMILES string of the molecule is Oc1cc(I)c(C(F)(F)F)nc1C(F)F. The van der Waals surface area contributed by atoms with Gasteiger partial charge in [-0.05, 0) is 28.7 Å². The average Bonchev–Trinajstić information content (AvgIpc) is 2.00. The molecule has 0 saturated heterocycles. The summed E-state index contributed by atoms with van der Waals surface area (Å²) in [4.78, 5) is 2.71. The lowest BCUT2D eigenvalue weighted by Gasteiger charge is -2.10. The van der Waals surface area contributed by atoms with Gasteiger partial charge >= 0.3 is 6.18 Å². The molecule has 0 spiro atoms. The molecule has 8 heteroatoms. The summed E-state index contributed by atoms with van der Waals surface area (Å²) in [6, 6.07) is 0.609. The molecule has 1 N–H and O–H groups in total. The van der Waals surface area contributed by atoms with Crippen molar-refractivity contribution in [2.24, 2.45) is 0 Å². The lowest BCUT2D eigenvalue weighted by molar-refractivity contribution is -0.142. The summed E-state index contributed by atoms with van der Waals surface area (Å²) in [5.74, 6) is -0.942. The van der Waals surface area contributed by atoms with Gasteiger partial charge in [0.2, 0.25) is 0 Å². The third-order valence-electron chi connectivity index (χ3n) is 1.46. The minimum Gasteiger partial charge on any atom is -0.506 e. The maximum Gasteiger partial charge on any atom is 0.434 e. The molecule has 1 rings (SSSR count). The summed E-state index contributed by atoms with van der Waals surface area (Å²) in [5, 5.41) is 8.94. The summed E-state index contributed by atoms with van der Waals surface area (Å²) < 4.78 is 60.5. The smallest absolute Gasteiger partial charge is 0.434 e. The minimum absolute atomic E-state index is 0.429. The second kappa shape index (κ2) is 4.06. The monoisotopic (exact) mass is 339 g/mol. The van der Waals surface area contributed by atoms with Crippen molar-refractivity contribution in [1.29, 1.82) is 0 Å². The van der Waals surface area contributed by atoms with Crippen LogP contribution in [0.25, 0.3) is 0 Å². The summed E-state index contributed by atoms with van der Waals surface area (Å²) >= 11 is 1.26. The normalized spacial score (nSPS) is 12.2. The molecular formula is C7H3F5INO. The molecule has 0 radical (unpaired) electrons. The van der Waals surface area contributed by atoms with E-state index in [1.807, 2.05) is 0 Å². The second-order valence-electron chi connectivity index (χ2n) is 2.52. The first-order valence-electron chi connectivity index (χ1n) is 3.48.